The van der Waals surface area contributed by atoms with Crippen LogP contribution >= 0.6 is 11.8 Å². The van der Waals surface area contributed by atoms with Crippen molar-refractivity contribution in [2.45, 2.75) is 32.6 Å². The number of amides is 1. The van der Waals surface area contributed by atoms with E-state index in [9.17, 15) is 4.79 Å². The Morgan fingerprint density at radius 3 is 2.71 bits per heavy atom. The molecule has 0 radical (unpaired) electrons. The molecule has 3 heteroatoms. The van der Waals surface area contributed by atoms with Gasteiger partial charge in [0.2, 0.25) is 0 Å². The maximum absolute atomic E-state index is 11.7. The van der Waals surface area contributed by atoms with E-state index in [1.54, 1.807) is 11.8 Å². The molecule has 0 spiro atoms. The fraction of sp³-hybridized carbons (Fsp3) is 0.357. The minimum atomic E-state index is -0.00782. The minimum Gasteiger partial charge on any atom is -0.352 e. The molecule has 0 atom stereocenters. The van der Waals surface area contributed by atoms with Gasteiger partial charge in [-0.3, -0.25) is 4.79 Å². The summed E-state index contributed by atoms with van der Waals surface area (Å²) in [6, 6.07) is 5.81. The van der Waals surface area contributed by atoms with Crippen LogP contribution in [0.5, 0.6) is 0 Å². The van der Waals surface area contributed by atoms with Gasteiger partial charge < -0.3 is 5.32 Å². The molecule has 0 heterocycles. The van der Waals surface area contributed by atoms with Crippen LogP contribution in [0.15, 0.2) is 34.1 Å². The Hall–Kier alpha value is -1.22. The summed E-state index contributed by atoms with van der Waals surface area (Å²) in [6.45, 7) is 8.77. The maximum Gasteiger partial charge on any atom is 0.251 e. The first-order chi connectivity index (χ1) is 8.04. The largest absolute Gasteiger partial charge is 0.352 e. The van der Waals surface area contributed by atoms with E-state index in [0.717, 1.165) is 10.5 Å². The molecule has 0 aliphatic heterocycles. The number of carbonyl (C=O) groups excluding carboxylic acids is 1. The summed E-state index contributed by atoms with van der Waals surface area (Å²) in [7, 11) is 0. The molecular formula is C14H19NOS. The first-order valence-electron chi connectivity index (χ1n) is 5.73. The zero-order valence-electron chi connectivity index (χ0n) is 10.8. The van der Waals surface area contributed by atoms with Crippen LogP contribution in [0.25, 0.3) is 0 Å². The second kappa shape index (κ2) is 6.50. The Kier molecular flexibility index (Phi) is 5.29. The summed E-state index contributed by atoms with van der Waals surface area (Å²) in [4.78, 5) is 12.8. The molecule has 1 rings (SSSR count). The topological polar surface area (TPSA) is 29.1 Å². The zero-order chi connectivity index (χ0) is 12.8. The van der Waals surface area contributed by atoms with Gasteiger partial charge in [0.05, 0.1) is 0 Å². The van der Waals surface area contributed by atoms with Gasteiger partial charge in [-0.1, -0.05) is 23.4 Å². The maximum atomic E-state index is 11.7. The van der Waals surface area contributed by atoms with Crippen molar-refractivity contribution in [3.05, 3.63) is 40.3 Å². The highest BCUT2D eigenvalue weighted by Crippen LogP contribution is 2.25. The highest BCUT2D eigenvalue weighted by atomic mass is 32.2. The fourth-order valence-corrected chi connectivity index (χ4v) is 2.12. The standard InChI is InChI=1S/C14H19NOS/c1-5-15-14(16)12-7-6-11(4)13(8-12)17-9-10(2)3/h6-9H,5H2,1-4H3,(H,15,16). The van der Waals surface area contributed by atoms with Crippen molar-refractivity contribution in [3.63, 3.8) is 0 Å². The molecule has 0 unspecified atom stereocenters. The predicted molar refractivity (Wildman–Crippen MR) is 74.5 cm³/mol. The van der Waals surface area contributed by atoms with E-state index >= 15 is 0 Å². The molecule has 0 bridgehead atoms. The smallest absolute Gasteiger partial charge is 0.251 e. The highest BCUT2D eigenvalue weighted by molar-refractivity contribution is 8.02. The van der Waals surface area contributed by atoms with Crippen LogP contribution in [0.1, 0.15) is 36.7 Å². The molecule has 17 heavy (non-hydrogen) atoms. The lowest BCUT2D eigenvalue weighted by Gasteiger charge is -2.07. The van der Waals surface area contributed by atoms with Crippen LogP contribution in [0.4, 0.5) is 0 Å². The lowest BCUT2D eigenvalue weighted by atomic mass is 10.1. The van der Waals surface area contributed by atoms with E-state index in [2.05, 4.69) is 31.5 Å². The predicted octanol–water partition coefficient (Wildman–Crippen LogP) is 3.76. The van der Waals surface area contributed by atoms with Gasteiger partial charge in [0.15, 0.2) is 0 Å². The van der Waals surface area contributed by atoms with E-state index < -0.39 is 0 Å². The van der Waals surface area contributed by atoms with Gasteiger partial charge in [-0.15, -0.1) is 0 Å². The summed E-state index contributed by atoms with van der Waals surface area (Å²) in [6.07, 6.45) is 0. The van der Waals surface area contributed by atoms with Gasteiger partial charge in [0.25, 0.3) is 5.91 Å². The van der Waals surface area contributed by atoms with Crippen molar-refractivity contribution >= 4 is 17.7 Å². The van der Waals surface area contributed by atoms with E-state index in [-0.39, 0.29) is 5.91 Å². The van der Waals surface area contributed by atoms with Gasteiger partial charge in [-0.2, -0.15) is 0 Å². The number of benzene rings is 1. The zero-order valence-corrected chi connectivity index (χ0v) is 11.6. The van der Waals surface area contributed by atoms with Crippen molar-refractivity contribution in [2.24, 2.45) is 0 Å². The normalized spacial score (nSPS) is 9.88. The molecule has 1 aromatic carbocycles. The van der Waals surface area contributed by atoms with Crippen LogP contribution in [-0.2, 0) is 0 Å². The highest BCUT2D eigenvalue weighted by Gasteiger charge is 2.06. The van der Waals surface area contributed by atoms with Crippen molar-refractivity contribution in [2.75, 3.05) is 6.54 Å². The van der Waals surface area contributed by atoms with Gasteiger partial charge in [-0.05, 0) is 50.8 Å². The molecule has 0 saturated heterocycles. The number of nitrogens with one attached hydrogen (secondary N) is 1. The van der Waals surface area contributed by atoms with Crippen molar-refractivity contribution in [3.8, 4) is 0 Å². The second-order valence-electron chi connectivity index (χ2n) is 4.15. The van der Waals surface area contributed by atoms with Crippen molar-refractivity contribution in [1.29, 1.82) is 0 Å². The molecule has 0 fully saturated rings. The number of allylic oxidation sites excluding steroid dienone is 1. The third-order valence-electron chi connectivity index (χ3n) is 2.21. The van der Waals surface area contributed by atoms with E-state index in [1.807, 2.05) is 25.1 Å². The van der Waals surface area contributed by atoms with Crippen LogP contribution in [-0.4, -0.2) is 12.5 Å². The molecule has 92 valence electrons. The van der Waals surface area contributed by atoms with Crippen LogP contribution < -0.4 is 5.32 Å². The third-order valence-corrected chi connectivity index (χ3v) is 3.49. The molecule has 0 saturated carbocycles. The average Bonchev–Trinajstić information content (AvgIpc) is 2.28. The van der Waals surface area contributed by atoms with Gasteiger partial charge in [0, 0.05) is 17.0 Å². The Bertz CT molecular complexity index is 434. The molecule has 1 aromatic rings. The molecule has 0 aliphatic rings. The van der Waals surface area contributed by atoms with Gasteiger partial charge in [0.1, 0.15) is 0 Å². The quantitative estimate of drug-likeness (QED) is 0.823. The Balaban J connectivity index is 2.94. The van der Waals surface area contributed by atoms with Gasteiger partial charge >= 0.3 is 0 Å². The Morgan fingerprint density at radius 1 is 1.41 bits per heavy atom. The van der Waals surface area contributed by atoms with Crippen LogP contribution in [0.3, 0.4) is 0 Å². The first kappa shape index (κ1) is 13.8. The number of hydrogen-bond acceptors (Lipinski definition) is 2. The van der Waals surface area contributed by atoms with E-state index in [1.165, 1.54) is 11.1 Å². The second-order valence-corrected chi connectivity index (χ2v) is 5.06. The summed E-state index contributed by atoms with van der Waals surface area (Å²) in [5.41, 5.74) is 3.18. The number of hydrogen-bond donors (Lipinski definition) is 1. The van der Waals surface area contributed by atoms with Crippen molar-refractivity contribution in [1.82, 2.24) is 5.32 Å². The number of thioether (sulfide) groups is 1. The SMILES string of the molecule is CCNC(=O)c1ccc(C)c(SC=C(C)C)c1. The lowest BCUT2D eigenvalue weighted by molar-refractivity contribution is 0.0955. The molecular weight excluding hydrogens is 230 g/mol. The summed E-state index contributed by atoms with van der Waals surface area (Å²) < 4.78 is 0. The molecule has 0 aliphatic carbocycles. The molecule has 0 aromatic heterocycles. The molecule has 1 N–H and O–H groups in total. The summed E-state index contributed by atoms with van der Waals surface area (Å²) >= 11 is 1.66. The monoisotopic (exact) mass is 249 g/mol. The summed E-state index contributed by atoms with van der Waals surface area (Å²) in [5.74, 6) is -0.00782. The van der Waals surface area contributed by atoms with Gasteiger partial charge in [-0.25, -0.2) is 0 Å². The number of rotatable bonds is 4. The van der Waals surface area contributed by atoms with Crippen LogP contribution in [0, 0.1) is 6.92 Å². The minimum absolute atomic E-state index is 0.00782. The number of carbonyl (C=O) groups is 1. The number of aryl methyl sites for hydroxylation is 1. The third kappa shape index (κ3) is 4.27. The fourth-order valence-electron chi connectivity index (χ4n) is 1.31. The van der Waals surface area contributed by atoms with Crippen LogP contribution in [0.2, 0.25) is 0 Å². The van der Waals surface area contributed by atoms with E-state index in [0.29, 0.717) is 6.54 Å². The Morgan fingerprint density at radius 2 is 2.12 bits per heavy atom. The summed E-state index contributed by atoms with van der Waals surface area (Å²) in [5, 5.41) is 4.91. The average molecular weight is 249 g/mol. The van der Waals surface area contributed by atoms with E-state index in [4.69, 9.17) is 0 Å². The lowest BCUT2D eigenvalue weighted by Crippen LogP contribution is -2.22. The molecule has 1 amide bonds. The van der Waals surface area contributed by atoms with Crippen molar-refractivity contribution < 1.29 is 4.79 Å². The first-order valence-corrected chi connectivity index (χ1v) is 6.61. The Labute approximate surface area is 107 Å². The molecule has 2 nitrogen and oxygen atoms in total.